The van der Waals surface area contributed by atoms with E-state index in [4.69, 9.17) is 18.9 Å². The van der Waals surface area contributed by atoms with Crippen molar-refractivity contribution in [3.8, 4) is 0 Å². The van der Waals surface area contributed by atoms with Crippen molar-refractivity contribution >= 4 is 29.9 Å². The van der Waals surface area contributed by atoms with Gasteiger partial charge in [0.25, 0.3) is 0 Å². The van der Waals surface area contributed by atoms with Gasteiger partial charge in [-0.3, -0.25) is 4.99 Å². The molecule has 7 heteroatoms. The standard InChI is InChI=1S/C19H35N3O3.HI/c1-6-24-13-8-11-20-18(21-12-10-16-9-7-14-25-16)22-15-17(23-5)19(2,3)4;/h7,9,14,17H,6,8,10-13,15H2,1-5H3,(H2,20,21,22);1H. The first-order valence-electron chi connectivity index (χ1n) is 9.12. The monoisotopic (exact) mass is 481 g/mol. The summed E-state index contributed by atoms with van der Waals surface area (Å²) in [5.74, 6) is 1.77. The zero-order valence-corrected chi connectivity index (χ0v) is 19.2. The smallest absolute Gasteiger partial charge is 0.191 e. The van der Waals surface area contributed by atoms with Crippen molar-refractivity contribution in [3.05, 3.63) is 24.2 Å². The number of nitrogens with zero attached hydrogens (tertiary/aromatic N) is 1. The van der Waals surface area contributed by atoms with Crippen LogP contribution in [0.4, 0.5) is 0 Å². The van der Waals surface area contributed by atoms with Crippen molar-refractivity contribution in [2.45, 2.75) is 46.6 Å². The third-order valence-corrected chi connectivity index (χ3v) is 3.87. The maximum Gasteiger partial charge on any atom is 0.191 e. The summed E-state index contributed by atoms with van der Waals surface area (Å²) in [7, 11) is 1.74. The average Bonchev–Trinajstić information content (AvgIpc) is 3.06. The second-order valence-corrected chi connectivity index (χ2v) is 7.01. The molecule has 1 rings (SSSR count). The summed E-state index contributed by atoms with van der Waals surface area (Å²) in [4.78, 5) is 4.70. The molecule has 0 radical (unpaired) electrons. The molecule has 0 amide bonds. The van der Waals surface area contributed by atoms with Crippen molar-refractivity contribution in [3.63, 3.8) is 0 Å². The Hall–Kier alpha value is -0.800. The van der Waals surface area contributed by atoms with Crippen LogP contribution in [0.2, 0.25) is 0 Å². The van der Waals surface area contributed by atoms with Gasteiger partial charge in [-0.1, -0.05) is 20.8 Å². The fraction of sp³-hybridized carbons (Fsp3) is 0.737. The highest BCUT2D eigenvalue weighted by Crippen LogP contribution is 2.21. The highest BCUT2D eigenvalue weighted by molar-refractivity contribution is 14.0. The Balaban J connectivity index is 0.00000625. The molecule has 1 aromatic rings. The molecule has 2 N–H and O–H groups in total. The SMILES string of the molecule is CCOCCCNC(=NCC(OC)C(C)(C)C)NCCc1ccco1.I. The number of furan rings is 1. The lowest BCUT2D eigenvalue weighted by molar-refractivity contribution is 0.0241. The Morgan fingerprint density at radius 3 is 2.58 bits per heavy atom. The number of halogens is 1. The summed E-state index contributed by atoms with van der Waals surface area (Å²) in [5.41, 5.74) is 0.0481. The molecule has 6 nitrogen and oxygen atoms in total. The van der Waals surface area contributed by atoms with Crippen LogP contribution in [0.25, 0.3) is 0 Å². The van der Waals surface area contributed by atoms with Gasteiger partial charge in [-0.05, 0) is 30.9 Å². The van der Waals surface area contributed by atoms with Crippen LogP contribution < -0.4 is 10.6 Å². The van der Waals surface area contributed by atoms with Gasteiger partial charge in [-0.25, -0.2) is 0 Å². The molecular weight excluding hydrogens is 445 g/mol. The molecule has 0 bridgehead atoms. The minimum Gasteiger partial charge on any atom is -0.469 e. The first-order chi connectivity index (χ1) is 12.0. The van der Waals surface area contributed by atoms with Crippen LogP contribution in [0.1, 0.15) is 39.9 Å². The molecule has 1 heterocycles. The number of rotatable bonds is 11. The normalized spacial score (nSPS) is 13.2. The molecule has 1 atom stereocenters. The van der Waals surface area contributed by atoms with Crippen molar-refractivity contribution in [1.82, 2.24) is 10.6 Å². The number of guanidine groups is 1. The Labute approximate surface area is 175 Å². The summed E-state index contributed by atoms with van der Waals surface area (Å²) < 4.78 is 16.3. The summed E-state index contributed by atoms with van der Waals surface area (Å²) in [6, 6.07) is 3.89. The summed E-state index contributed by atoms with van der Waals surface area (Å²) >= 11 is 0. The van der Waals surface area contributed by atoms with Gasteiger partial charge in [0.1, 0.15) is 5.76 Å². The van der Waals surface area contributed by atoms with Gasteiger partial charge >= 0.3 is 0 Å². The Morgan fingerprint density at radius 1 is 1.27 bits per heavy atom. The van der Waals surface area contributed by atoms with E-state index >= 15 is 0 Å². The fourth-order valence-electron chi connectivity index (χ4n) is 2.33. The third kappa shape index (κ3) is 11.0. The van der Waals surface area contributed by atoms with Crippen LogP contribution in [-0.2, 0) is 15.9 Å². The first-order valence-corrected chi connectivity index (χ1v) is 9.12. The largest absolute Gasteiger partial charge is 0.469 e. The predicted molar refractivity (Wildman–Crippen MR) is 117 cm³/mol. The number of hydrogen-bond acceptors (Lipinski definition) is 4. The Bertz CT molecular complexity index is 473. The number of aliphatic imine (C=N–C) groups is 1. The van der Waals surface area contributed by atoms with Gasteiger partial charge in [0.2, 0.25) is 0 Å². The molecule has 1 aromatic heterocycles. The summed E-state index contributed by atoms with van der Waals surface area (Å²) in [6.45, 7) is 12.2. The van der Waals surface area contributed by atoms with Gasteiger partial charge in [0, 0.05) is 39.8 Å². The number of ether oxygens (including phenoxy) is 2. The molecule has 0 saturated heterocycles. The molecule has 152 valence electrons. The second-order valence-electron chi connectivity index (χ2n) is 7.01. The van der Waals surface area contributed by atoms with E-state index in [0.717, 1.165) is 50.9 Å². The van der Waals surface area contributed by atoms with Crippen LogP contribution in [0, 0.1) is 5.41 Å². The van der Waals surface area contributed by atoms with E-state index in [2.05, 4.69) is 31.4 Å². The van der Waals surface area contributed by atoms with Crippen LogP contribution in [-0.4, -0.2) is 52.0 Å². The first kappa shape index (κ1) is 25.2. The van der Waals surface area contributed by atoms with E-state index in [-0.39, 0.29) is 35.5 Å². The Kier molecular flexibility index (Phi) is 13.8. The van der Waals surface area contributed by atoms with Gasteiger partial charge in [0.15, 0.2) is 5.96 Å². The molecule has 0 aromatic carbocycles. The lowest BCUT2D eigenvalue weighted by Crippen LogP contribution is -2.40. The molecule has 0 aliphatic heterocycles. The third-order valence-electron chi connectivity index (χ3n) is 3.87. The van der Waals surface area contributed by atoms with Crippen molar-refractivity contribution in [1.29, 1.82) is 0 Å². The molecule has 0 aliphatic rings. The quantitative estimate of drug-likeness (QED) is 0.219. The highest BCUT2D eigenvalue weighted by atomic mass is 127. The zero-order chi connectivity index (χ0) is 18.5. The van der Waals surface area contributed by atoms with Crippen molar-refractivity contribution in [2.24, 2.45) is 10.4 Å². The highest BCUT2D eigenvalue weighted by Gasteiger charge is 2.24. The summed E-state index contributed by atoms with van der Waals surface area (Å²) in [5, 5.41) is 6.72. The van der Waals surface area contributed by atoms with E-state index in [1.54, 1.807) is 13.4 Å². The van der Waals surface area contributed by atoms with E-state index in [1.807, 2.05) is 19.1 Å². The predicted octanol–water partition coefficient (Wildman–Crippen LogP) is 3.46. The molecule has 0 fully saturated rings. The Morgan fingerprint density at radius 2 is 2.00 bits per heavy atom. The van der Waals surface area contributed by atoms with Gasteiger partial charge in [-0.15, -0.1) is 24.0 Å². The fourth-order valence-corrected chi connectivity index (χ4v) is 2.33. The second kappa shape index (κ2) is 14.3. The van der Waals surface area contributed by atoms with E-state index in [9.17, 15) is 0 Å². The van der Waals surface area contributed by atoms with Crippen LogP contribution >= 0.6 is 24.0 Å². The van der Waals surface area contributed by atoms with Crippen molar-refractivity contribution < 1.29 is 13.9 Å². The molecule has 0 saturated carbocycles. The van der Waals surface area contributed by atoms with Crippen LogP contribution in [0.15, 0.2) is 27.8 Å². The van der Waals surface area contributed by atoms with Gasteiger partial charge < -0.3 is 24.5 Å². The minimum absolute atomic E-state index is 0. The molecule has 0 aliphatic carbocycles. The lowest BCUT2D eigenvalue weighted by atomic mass is 9.89. The van der Waals surface area contributed by atoms with Crippen LogP contribution in [0.3, 0.4) is 0 Å². The van der Waals surface area contributed by atoms with E-state index in [1.165, 1.54) is 0 Å². The van der Waals surface area contributed by atoms with Gasteiger partial charge in [-0.2, -0.15) is 0 Å². The average molecular weight is 481 g/mol. The number of nitrogens with one attached hydrogen (secondary N) is 2. The zero-order valence-electron chi connectivity index (χ0n) is 16.8. The molecule has 0 spiro atoms. The molecule has 26 heavy (non-hydrogen) atoms. The summed E-state index contributed by atoms with van der Waals surface area (Å²) in [6.07, 6.45) is 3.53. The molecular formula is C19H36IN3O3. The number of methoxy groups -OCH3 is 1. The van der Waals surface area contributed by atoms with E-state index in [0.29, 0.717) is 6.54 Å². The van der Waals surface area contributed by atoms with Crippen LogP contribution in [0.5, 0.6) is 0 Å². The minimum atomic E-state index is 0. The number of hydrogen-bond donors (Lipinski definition) is 2. The molecule has 1 unspecified atom stereocenters. The lowest BCUT2D eigenvalue weighted by Gasteiger charge is -2.28. The van der Waals surface area contributed by atoms with Crippen molar-refractivity contribution in [2.75, 3.05) is 40.0 Å². The maximum absolute atomic E-state index is 5.59. The maximum atomic E-state index is 5.59. The van der Waals surface area contributed by atoms with Gasteiger partial charge in [0.05, 0.1) is 18.9 Å². The topological polar surface area (TPSA) is 68.0 Å². The van der Waals surface area contributed by atoms with E-state index < -0.39 is 0 Å².